The van der Waals surface area contributed by atoms with Gasteiger partial charge in [-0.15, -0.1) is 0 Å². The van der Waals surface area contributed by atoms with E-state index in [4.69, 9.17) is 0 Å². The van der Waals surface area contributed by atoms with Crippen molar-refractivity contribution in [2.75, 3.05) is 11.6 Å². The van der Waals surface area contributed by atoms with Gasteiger partial charge < -0.3 is 5.32 Å². The van der Waals surface area contributed by atoms with Crippen LogP contribution in [-0.2, 0) is 9.84 Å². The van der Waals surface area contributed by atoms with E-state index in [9.17, 15) is 8.42 Å². The van der Waals surface area contributed by atoms with E-state index in [1.165, 1.54) is 6.26 Å². The molecule has 0 aliphatic heterocycles. The molecule has 3 heterocycles. The summed E-state index contributed by atoms with van der Waals surface area (Å²) in [5.74, 6) is 0. The molecule has 0 fully saturated rings. The van der Waals surface area contributed by atoms with Crippen LogP contribution in [0.5, 0.6) is 0 Å². The van der Waals surface area contributed by atoms with E-state index in [0.29, 0.717) is 4.90 Å². The van der Waals surface area contributed by atoms with Gasteiger partial charge in [0.1, 0.15) is 0 Å². The first kappa shape index (κ1) is 20.4. The van der Waals surface area contributed by atoms with Crippen LogP contribution in [0, 0.1) is 0 Å². The molecule has 7 heteroatoms. The monoisotopic (exact) mass is 457 g/mol. The van der Waals surface area contributed by atoms with Gasteiger partial charge in [-0.2, -0.15) is 11.3 Å². The van der Waals surface area contributed by atoms with Gasteiger partial charge in [-0.1, -0.05) is 24.3 Å². The molecule has 0 amide bonds. The Morgan fingerprint density at radius 3 is 2.34 bits per heavy atom. The highest BCUT2D eigenvalue weighted by molar-refractivity contribution is 7.90. The standard InChI is InChI=1S/C25H19N3O2S2/c1-32(29,30)21-5-2-17(3-6-21)18-4-7-22-23(9-12-27-25(22)14-18)28-20-8-11-26-24(15-20)19-10-13-31-16-19/h2-16H,1H3,(H,26,27,28). The van der Waals surface area contributed by atoms with Crippen molar-refractivity contribution in [3.63, 3.8) is 0 Å². The Labute approximate surface area is 190 Å². The van der Waals surface area contributed by atoms with Gasteiger partial charge in [-0.05, 0) is 59.0 Å². The molecule has 0 spiro atoms. The molecule has 0 saturated carbocycles. The summed E-state index contributed by atoms with van der Waals surface area (Å²) in [6.07, 6.45) is 4.79. The molecule has 0 saturated heterocycles. The van der Waals surface area contributed by atoms with E-state index in [1.807, 2.05) is 53.9 Å². The van der Waals surface area contributed by atoms with Crippen LogP contribution < -0.4 is 5.32 Å². The van der Waals surface area contributed by atoms with Gasteiger partial charge in [0.2, 0.25) is 0 Å². The summed E-state index contributed by atoms with van der Waals surface area (Å²) in [6.45, 7) is 0. The number of hydrogen-bond acceptors (Lipinski definition) is 6. The zero-order chi connectivity index (χ0) is 22.1. The average molecular weight is 458 g/mol. The van der Waals surface area contributed by atoms with E-state index in [-0.39, 0.29) is 0 Å². The fourth-order valence-corrected chi connectivity index (χ4v) is 4.84. The molecular weight excluding hydrogens is 438 g/mol. The largest absolute Gasteiger partial charge is 0.355 e. The van der Waals surface area contributed by atoms with Crippen molar-refractivity contribution in [1.29, 1.82) is 0 Å². The lowest BCUT2D eigenvalue weighted by molar-refractivity contribution is 0.602. The van der Waals surface area contributed by atoms with Gasteiger partial charge >= 0.3 is 0 Å². The third kappa shape index (κ3) is 4.12. The van der Waals surface area contributed by atoms with Crippen molar-refractivity contribution >= 4 is 43.5 Å². The highest BCUT2D eigenvalue weighted by Crippen LogP contribution is 2.31. The molecule has 5 rings (SSSR count). The number of aromatic nitrogens is 2. The molecule has 0 radical (unpaired) electrons. The first-order chi connectivity index (χ1) is 15.5. The molecule has 3 aromatic heterocycles. The summed E-state index contributed by atoms with van der Waals surface area (Å²) in [4.78, 5) is 9.32. The smallest absolute Gasteiger partial charge is 0.175 e. The van der Waals surface area contributed by atoms with Gasteiger partial charge in [0.05, 0.1) is 16.1 Å². The minimum Gasteiger partial charge on any atom is -0.355 e. The van der Waals surface area contributed by atoms with E-state index < -0.39 is 9.84 Å². The van der Waals surface area contributed by atoms with Crippen molar-refractivity contribution in [3.05, 3.63) is 89.9 Å². The maximum Gasteiger partial charge on any atom is 0.175 e. The van der Waals surface area contributed by atoms with E-state index in [2.05, 4.69) is 26.7 Å². The molecule has 0 aliphatic rings. The lowest BCUT2D eigenvalue weighted by Gasteiger charge is -2.11. The summed E-state index contributed by atoms with van der Waals surface area (Å²) in [6, 6.07) is 21.0. The van der Waals surface area contributed by atoms with Crippen LogP contribution >= 0.6 is 11.3 Å². The van der Waals surface area contributed by atoms with Crippen LogP contribution in [0.2, 0.25) is 0 Å². The Balaban J connectivity index is 1.47. The second-order valence-corrected chi connectivity index (χ2v) is 10.2. The van der Waals surface area contributed by atoms with E-state index in [1.54, 1.807) is 35.9 Å². The zero-order valence-electron chi connectivity index (χ0n) is 17.2. The van der Waals surface area contributed by atoms with Gasteiger partial charge in [0, 0.05) is 46.4 Å². The normalized spacial score (nSPS) is 11.5. The molecule has 0 aliphatic carbocycles. The lowest BCUT2D eigenvalue weighted by atomic mass is 10.0. The zero-order valence-corrected chi connectivity index (χ0v) is 18.8. The van der Waals surface area contributed by atoms with Crippen LogP contribution in [0.15, 0.2) is 94.8 Å². The number of nitrogens with one attached hydrogen (secondary N) is 1. The van der Waals surface area contributed by atoms with Gasteiger partial charge in [0.15, 0.2) is 9.84 Å². The Morgan fingerprint density at radius 2 is 1.59 bits per heavy atom. The number of nitrogens with zero attached hydrogens (tertiary/aromatic N) is 2. The topological polar surface area (TPSA) is 72.0 Å². The first-order valence-corrected chi connectivity index (χ1v) is 12.8. The summed E-state index contributed by atoms with van der Waals surface area (Å²) in [7, 11) is -3.21. The third-order valence-corrected chi connectivity index (χ3v) is 7.03. The molecule has 0 atom stereocenters. The SMILES string of the molecule is CS(=O)(=O)c1ccc(-c2ccc3c(Nc4ccnc(-c5ccsc5)c4)ccnc3c2)cc1. The Hall–Kier alpha value is -3.55. The highest BCUT2D eigenvalue weighted by atomic mass is 32.2. The predicted octanol–water partition coefficient (Wildman–Crippen LogP) is 6.17. The Kier molecular flexibility index (Phi) is 5.20. The number of rotatable bonds is 5. The quantitative estimate of drug-likeness (QED) is 0.342. The maximum atomic E-state index is 11.7. The number of pyridine rings is 2. The van der Waals surface area contributed by atoms with Crippen LogP contribution in [0.4, 0.5) is 11.4 Å². The fraction of sp³-hybridized carbons (Fsp3) is 0.0400. The van der Waals surface area contributed by atoms with E-state index in [0.717, 1.165) is 44.7 Å². The van der Waals surface area contributed by atoms with E-state index >= 15 is 0 Å². The summed E-state index contributed by atoms with van der Waals surface area (Å²) in [5.41, 5.74) is 6.71. The van der Waals surface area contributed by atoms with Crippen molar-refractivity contribution in [3.8, 4) is 22.4 Å². The van der Waals surface area contributed by atoms with Crippen molar-refractivity contribution in [2.45, 2.75) is 4.90 Å². The molecular formula is C25H19N3O2S2. The highest BCUT2D eigenvalue weighted by Gasteiger charge is 2.09. The van der Waals surface area contributed by atoms with Gasteiger partial charge in [0.25, 0.3) is 0 Å². The number of sulfone groups is 1. The summed E-state index contributed by atoms with van der Waals surface area (Å²) >= 11 is 1.65. The predicted molar refractivity (Wildman–Crippen MR) is 131 cm³/mol. The minimum absolute atomic E-state index is 0.311. The molecule has 0 unspecified atom stereocenters. The lowest BCUT2D eigenvalue weighted by Crippen LogP contribution is -1.96. The molecule has 2 aromatic carbocycles. The van der Waals surface area contributed by atoms with Crippen LogP contribution in [0.1, 0.15) is 0 Å². The molecule has 5 aromatic rings. The number of fused-ring (bicyclic) bond motifs is 1. The average Bonchev–Trinajstić information content (AvgIpc) is 3.34. The van der Waals surface area contributed by atoms with Crippen LogP contribution in [-0.4, -0.2) is 24.6 Å². The van der Waals surface area contributed by atoms with Gasteiger partial charge in [-0.3, -0.25) is 9.97 Å². The summed E-state index contributed by atoms with van der Waals surface area (Å²) in [5, 5.41) is 8.61. The molecule has 158 valence electrons. The minimum atomic E-state index is -3.21. The van der Waals surface area contributed by atoms with Crippen molar-refractivity contribution in [1.82, 2.24) is 9.97 Å². The number of anilines is 2. The maximum absolute atomic E-state index is 11.7. The second-order valence-electron chi connectivity index (χ2n) is 7.45. The Morgan fingerprint density at radius 1 is 0.812 bits per heavy atom. The van der Waals surface area contributed by atoms with Crippen molar-refractivity contribution < 1.29 is 8.42 Å². The Bertz CT molecular complexity index is 1510. The van der Waals surface area contributed by atoms with Crippen LogP contribution in [0.3, 0.4) is 0 Å². The number of thiophene rings is 1. The fourth-order valence-electron chi connectivity index (χ4n) is 3.56. The molecule has 1 N–H and O–H groups in total. The number of hydrogen-bond donors (Lipinski definition) is 1. The number of benzene rings is 2. The molecule has 32 heavy (non-hydrogen) atoms. The molecule has 5 nitrogen and oxygen atoms in total. The molecule has 0 bridgehead atoms. The second kappa shape index (κ2) is 8.18. The third-order valence-electron chi connectivity index (χ3n) is 5.21. The van der Waals surface area contributed by atoms with Crippen molar-refractivity contribution in [2.24, 2.45) is 0 Å². The summed E-state index contributed by atoms with van der Waals surface area (Å²) < 4.78 is 23.4. The van der Waals surface area contributed by atoms with Crippen LogP contribution in [0.25, 0.3) is 33.3 Å². The van der Waals surface area contributed by atoms with Gasteiger partial charge in [-0.25, -0.2) is 8.42 Å². The first-order valence-electron chi connectivity index (χ1n) is 9.92.